The number of carbonyl (C=O) groups is 1. The lowest BCUT2D eigenvalue weighted by molar-refractivity contribution is -0.138. The van der Waals surface area contributed by atoms with Crippen molar-refractivity contribution in [2.24, 2.45) is 5.41 Å². The van der Waals surface area contributed by atoms with Crippen LogP contribution in [-0.4, -0.2) is 25.8 Å². The van der Waals surface area contributed by atoms with Crippen LogP contribution in [0.1, 0.15) is 37.5 Å². The van der Waals surface area contributed by atoms with Gasteiger partial charge in [0, 0.05) is 5.56 Å². The molecule has 116 valence electrons. The molecule has 0 radical (unpaired) electrons. The first-order valence-electron chi connectivity index (χ1n) is 7.17. The second-order valence-corrected chi connectivity index (χ2v) is 6.48. The summed E-state index contributed by atoms with van der Waals surface area (Å²) in [5.74, 6) is -0.263. The van der Waals surface area contributed by atoms with Gasteiger partial charge >= 0.3 is 5.97 Å². The van der Waals surface area contributed by atoms with E-state index in [0.29, 0.717) is 23.6 Å². The molecule has 0 bridgehead atoms. The first-order chi connectivity index (χ1) is 10.3. The summed E-state index contributed by atoms with van der Waals surface area (Å²) in [5, 5.41) is 13.3. The molecule has 3 rings (SSSR count). The molecule has 1 aromatic heterocycles. The van der Waals surface area contributed by atoms with E-state index in [1.807, 2.05) is 13.8 Å². The lowest BCUT2D eigenvalue weighted by Gasteiger charge is -2.21. The Bertz CT molecular complexity index is 754. The number of hydrogen-bond acceptors (Lipinski definition) is 3. The fraction of sp³-hybridized carbons (Fsp3) is 0.438. The van der Waals surface area contributed by atoms with Gasteiger partial charge in [-0.05, 0) is 24.8 Å². The zero-order valence-electron chi connectivity index (χ0n) is 12.8. The average molecular weight is 303 g/mol. The van der Waals surface area contributed by atoms with E-state index in [1.54, 1.807) is 25.1 Å². The Labute approximate surface area is 127 Å². The van der Waals surface area contributed by atoms with E-state index in [-0.39, 0.29) is 17.8 Å². The van der Waals surface area contributed by atoms with Crippen molar-refractivity contribution in [1.29, 1.82) is 0 Å². The Hall–Kier alpha value is -2.24. The van der Waals surface area contributed by atoms with Crippen molar-refractivity contribution in [3.8, 4) is 0 Å². The molecule has 1 unspecified atom stereocenters. The number of rotatable bonds is 4. The fourth-order valence-electron chi connectivity index (χ4n) is 3.40. The Kier molecular flexibility index (Phi) is 3.09. The van der Waals surface area contributed by atoms with Crippen molar-refractivity contribution in [2.75, 3.05) is 0 Å². The first-order valence-corrected chi connectivity index (χ1v) is 7.17. The highest BCUT2D eigenvalue weighted by Gasteiger charge is 2.66. The number of aryl methyl sites for hydroxylation is 1. The molecule has 1 atom stereocenters. The molecule has 1 saturated carbocycles. The Morgan fingerprint density at radius 1 is 1.41 bits per heavy atom. The highest BCUT2D eigenvalue weighted by atomic mass is 19.1. The van der Waals surface area contributed by atoms with Crippen molar-refractivity contribution in [2.45, 2.75) is 39.2 Å². The van der Waals surface area contributed by atoms with Crippen LogP contribution in [0.2, 0.25) is 0 Å². The van der Waals surface area contributed by atoms with Gasteiger partial charge in [-0.2, -0.15) is 5.10 Å². The normalized spacial score (nSPS) is 22.5. The maximum atomic E-state index is 14.4. The van der Waals surface area contributed by atoms with E-state index in [1.165, 1.54) is 10.7 Å². The molecule has 0 spiro atoms. The molecule has 0 aliphatic heterocycles. The van der Waals surface area contributed by atoms with Crippen molar-refractivity contribution in [3.63, 3.8) is 0 Å². The van der Waals surface area contributed by atoms with Gasteiger partial charge in [0.1, 0.15) is 24.0 Å². The maximum Gasteiger partial charge on any atom is 0.325 e. The molecule has 1 aromatic carbocycles. The van der Waals surface area contributed by atoms with E-state index in [0.717, 1.165) is 0 Å². The number of halogens is 1. The Morgan fingerprint density at radius 3 is 2.59 bits per heavy atom. The van der Waals surface area contributed by atoms with Crippen LogP contribution in [0.25, 0.3) is 0 Å². The van der Waals surface area contributed by atoms with Gasteiger partial charge in [-0.3, -0.25) is 4.79 Å². The maximum absolute atomic E-state index is 14.4. The minimum Gasteiger partial charge on any atom is -0.480 e. The monoisotopic (exact) mass is 303 g/mol. The number of carboxylic acids is 1. The first kappa shape index (κ1) is 14.7. The van der Waals surface area contributed by atoms with Gasteiger partial charge in [0.05, 0.1) is 5.41 Å². The summed E-state index contributed by atoms with van der Waals surface area (Å²) in [7, 11) is 0. The standard InChI is InChI=1S/C16H18FN3O2/c1-10-18-14(20(19-10)8-13(21)22)16(9-15(16,2)3)11-6-4-5-7-12(11)17/h4-7H,8-9H2,1-3H3,(H,21,22). The van der Waals surface area contributed by atoms with Crippen molar-refractivity contribution in [1.82, 2.24) is 14.8 Å². The molecular weight excluding hydrogens is 285 g/mol. The fourth-order valence-corrected chi connectivity index (χ4v) is 3.40. The van der Waals surface area contributed by atoms with Crippen LogP contribution < -0.4 is 0 Å². The topological polar surface area (TPSA) is 68.0 Å². The number of aliphatic carboxylic acids is 1. The summed E-state index contributed by atoms with van der Waals surface area (Å²) in [6.07, 6.45) is 0.707. The van der Waals surface area contributed by atoms with Crippen LogP contribution in [0, 0.1) is 18.2 Å². The molecule has 0 saturated heterocycles. The van der Waals surface area contributed by atoms with Crippen LogP contribution in [0.15, 0.2) is 24.3 Å². The van der Waals surface area contributed by atoms with Crippen molar-refractivity contribution in [3.05, 3.63) is 47.3 Å². The molecule has 22 heavy (non-hydrogen) atoms. The quantitative estimate of drug-likeness (QED) is 0.942. The summed E-state index contributed by atoms with van der Waals surface area (Å²) in [6.45, 7) is 5.51. The highest BCUT2D eigenvalue weighted by Crippen LogP contribution is 2.67. The van der Waals surface area contributed by atoms with Gasteiger partial charge in [-0.15, -0.1) is 0 Å². The number of nitrogens with zero attached hydrogens (tertiary/aromatic N) is 3. The van der Waals surface area contributed by atoms with Crippen LogP contribution >= 0.6 is 0 Å². The Balaban J connectivity index is 2.19. The van der Waals surface area contributed by atoms with Gasteiger partial charge in [-0.1, -0.05) is 32.0 Å². The third kappa shape index (κ3) is 2.01. The third-order valence-corrected chi connectivity index (χ3v) is 4.52. The van der Waals surface area contributed by atoms with Gasteiger partial charge in [0.15, 0.2) is 0 Å². The number of benzene rings is 1. The summed E-state index contributed by atoms with van der Waals surface area (Å²) < 4.78 is 15.8. The van der Waals surface area contributed by atoms with E-state index >= 15 is 0 Å². The summed E-state index contributed by atoms with van der Waals surface area (Å²) in [4.78, 5) is 15.5. The smallest absolute Gasteiger partial charge is 0.325 e. The van der Waals surface area contributed by atoms with Crippen molar-refractivity contribution < 1.29 is 14.3 Å². The summed E-state index contributed by atoms with van der Waals surface area (Å²) in [6, 6.07) is 6.61. The molecule has 1 N–H and O–H groups in total. The number of hydrogen-bond donors (Lipinski definition) is 1. The van der Waals surface area contributed by atoms with Crippen LogP contribution in [-0.2, 0) is 16.8 Å². The largest absolute Gasteiger partial charge is 0.480 e. The highest BCUT2D eigenvalue weighted by molar-refractivity contribution is 5.66. The summed E-state index contributed by atoms with van der Waals surface area (Å²) >= 11 is 0. The lowest BCUT2D eigenvalue weighted by Crippen LogP contribution is -2.25. The number of carboxylic acid groups (broad SMARTS) is 1. The zero-order chi connectivity index (χ0) is 16.1. The second-order valence-electron chi connectivity index (χ2n) is 6.48. The summed E-state index contributed by atoms with van der Waals surface area (Å²) in [5.41, 5.74) is -0.279. The molecule has 1 aliphatic rings. The predicted molar refractivity (Wildman–Crippen MR) is 78.0 cm³/mol. The van der Waals surface area contributed by atoms with E-state index in [9.17, 15) is 9.18 Å². The van der Waals surface area contributed by atoms with Gasteiger partial charge in [0.25, 0.3) is 0 Å². The minimum absolute atomic E-state index is 0.203. The predicted octanol–water partition coefficient (Wildman–Crippen LogP) is 2.53. The zero-order valence-corrected chi connectivity index (χ0v) is 12.8. The molecule has 6 heteroatoms. The van der Waals surface area contributed by atoms with Crippen molar-refractivity contribution >= 4 is 5.97 Å². The lowest BCUT2D eigenvalue weighted by atomic mass is 9.86. The van der Waals surface area contributed by atoms with E-state index in [4.69, 9.17) is 5.11 Å². The second kappa shape index (κ2) is 4.63. The van der Waals surface area contributed by atoms with E-state index in [2.05, 4.69) is 10.1 Å². The molecule has 1 heterocycles. The van der Waals surface area contributed by atoms with Gasteiger partial charge in [0.2, 0.25) is 0 Å². The molecule has 2 aromatic rings. The SMILES string of the molecule is Cc1nc(C2(c3ccccc3F)CC2(C)C)n(CC(=O)O)n1. The minimum atomic E-state index is -0.992. The van der Waals surface area contributed by atoms with Crippen LogP contribution in [0.3, 0.4) is 0 Å². The van der Waals surface area contributed by atoms with Gasteiger partial charge in [-0.25, -0.2) is 14.1 Å². The van der Waals surface area contributed by atoms with Crippen LogP contribution in [0.5, 0.6) is 0 Å². The molecular formula is C16H18FN3O2. The average Bonchev–Trinajstić information content (AvgIpc) is 2.79. The van der Waals surface area contributed by atoms with E-state index < -0.39 is 11.4 Å². The van der Waals surface area contributed by atoms with Gasteiger partial charge < -0.3 is 5.11 Å². The number of aromatic nitrogens is 3. The molecule has 1 aliphatic carbocycles. The Morgan fingerprint density at radius 2 is 2.05 bits per heavy atom. The molecule has 5 nitrogen and oxygen atoms in total. The van der Waals surface area contributed by atoms with Crippen LogP contribution in [0.4, 0.5) is 4.39 Å². The molecule has 0 amide bonds. The molecule has 1 fully saturated rings. The third-order valence-electron chi connectivity index (χ3n) is 4.52.